The third-order valence-electron chi connectivity index (χ3n) is 5.58. The molecule has 25 heavy (non-hydrogen) atoms. The lowest BCUT2D eigenvalue weighted by atomic mass is 10.0. The zero-order valence-electron chi connectivity index (χ0n) is 15.6. The van der Waals surface area contributed by atoms with Crippen molar-refractivity contribution < 1.29 is 9.59 Å². The minimum absolute atomic E-state index is 0.0539. The van der Waals surface area contributed by atoms with Crippen LogP contribution < -0.4 is 10.2 Å². The largest absolute Gasteiger partial charge is 0.343 e. The molecule has 2 amide bonds. The standard InChI is InChI=1S/C18H29N5O2/c1-12-7-8-13(2)23(12)14(3)17(24)19-15-6-5-10-22(18(15)25)16-9-11-21(4)20-16/h9,11-15H,5-8,10H2,1-4H3,(H,19,24)/t12-,13+,14-,15-/m1/s1. The molecule has 0 unspecified atom stereocenters. The molecule has 0 bridgehead atoms. The molecule has 0 aliphatic carbocycles. The monoisotopic (exact) mass is 347 g/mol. The molecule has 0 saturated carbocycles. The third-order valence-corrected chi connectivity index (χ3v) is 5.58. The first-order valence-corrected chi connectivity index (χ1v) is 9.27. The number of hydrogen-bond donors (Lipinski definition) is 1. The Balaban J connectivity index is 1.65. The molecule has 2 aliphatic heterocycles. The van der Waals surface area contributed by atoms with Gasteiger partial charge in [0.05, 0.1) is 6.04 Å². The van der Waals surface area contributed by atoms with E-state index in [1.54, 1.807) is 9.58 Å². The maximum atomic E-state index is 12.8. The first kappa shape index (κ1) is 17.9. The molecular formula is C18H29N5O2. The third kappa shape index (κ3) is 3.56. The number of piperidine rings is 1. The zero-order chi connectivity index (χ0) is 18.1. The molecule has 4 atom stereocenters. The fourth-order valence-corrected chi connectivity index (χ4v) is 4.19. The van der Waals surface area contributed by atoms with Gasteiger partial charge < -0.3 is 5.32 Å². The molecule has 2 saturated heterocycles. The van der Waals surface area contributed by atoms with Gasteiger partial charge in [0.2, 0.25) is 5.91 Å². The molecule has 0 spiro atoms. The SMILES string of the molecule is C[C@@H]1CC[C@H](C)N1[C@H](C)C(=O)N[C@@H]1CCCN(c2ccn(C)n2)C1=O. The molecule has 2 aliphatic rings. The Labute approximate surface area is 149 Å². The van der Waals surface area contributed by atoms with Gasteiger partial charge in [0.25, 0.3) is 5.91 Å². The van der Waals surface area contributed by atoms with E-state index in [0.717, 1.165) is 19.3 Å². The Morgan fingerprint density at radius 1 is 1.28 bits per heavy atom. The highest BCUT2D eigenvalue weighted by Gasteiger charge is 2.37. The second-order valence-electron chi connectivity index (χ2n) is 7.44. The van der Waals surface area contributed by atoms with Gasteiger partial charge >= 0.3 is 0 Å². The zero-order valence-corrected chi connectivity index (χ0v) is 15.6. The minimum atomic E-state index is -0.459. The van der Waals surface area contributed by atoms with Crippen molar-refractivity contribution in [1.29, 1.82) is 0 Å². The summed E-state index contributed by atoms with van der Waals surface area (Å²) in [6.45, 7) is 6.93. The number of rotatable bonds is 4. The van der Waals surface area contributed by atoms with Gasteiger partial charge in [0.1, 0.15) is 6.04 Å². The lowest BCUT2D eigenvalue weighted by molar-refractivity contribution is -0.132. The summed E-state index contributed by atoms with van der Waals surface area (Å²) in [6, 6.07) is 1.97. The number of carbonyl (C=O) groups is 2. The molecule has 7 nitrogen and oxygen atoms in total. The smallest absolute Gasteiger partial charge is 0.250 e. The Morgan fingerprint density at radius 3 is 2.56 bits per heavy atom. The number of hydrogen-bond acceptors (Lipinski definition) is 4. The molecule has 3 heterocycles. The van der Waals surface area contributed by atoms with Crippen LogP contribution >= 0.6 is 0 Å². The van der Waals surface area contributed by atoms with Crippen LogP contribution in [0.25, 0.3) is 0 Å². The van der Waals surface area contributed by atoms with Crippen LogP contribution in [0.4, 0.5) is 5.82 Å². The average molecular weight is 347 g/mol. The molecule has 1 aromatic rings. The average Bonchev–Trinajstić information content (AvgIpc) is 3.14. The molecule has 7 heteroatoms. The molecule has 3 rings (SSSR count). The second kappa shape index (κ2) is 7.15. The topological polar surface area (TPSA) is 70.5 Å². The maximum absolute atomic E-state index is 12.8. The normalized spacial score (nSPS) is 29.0. The van der Waals surface area contributed by atoms with E-state index in [4.69, 9.17) is 0 Å². The van der Waals surface area contributed by atoms with Crippen LogP contribution in [-0.4, -0.2) is 57.2 Å². The van der Waals surface area contributed by atoms with Gasteiger partial charge in [-0.2, -0.15) is 5.10 Å². The van der Waals surface area contributed by atoms with E-state index in [0.29, 0.717) is 30.9 Å². The van der Waals surface area contributed by atoms with Crippen LogP contribution in [0.2, 0.25) is 0 Å². The predicted octanol–water partition coefficient (Wildman–Crippen LogP) is 1.29. The molecule has 138 valence electrons. The van der Waals surface area contributed by atoms with Crippen molar-refractivity contribution in [3.63, 3.8) is 0 Å². The summed E-state index contributed by atoms with van der Waals surface area (Å²) in [5.41, 5.74) is 0. The van der Waals surface area contributed by atoms with Gasteiger partial charge in [-0.3, -0.25) is 24.1 Å². The van der Waals surface area contributed by atoms with Crippen molar-refractivity contribution in [3.8, 4) is 0 Å². The summed E-state index contributed by atoms with van der Waals surface area (Å²) in [5, 5.41) is 7.30. The van der Waals surface area contributed by atoms with Crippen LogP contribution in [-0.2, 0) is 16.6 Å². The van der Waals surface area contributed by atoms with Crippen LogP contribution in [0.15, 0.2) is 12.3 Å². The Morgan fingerprint density at radius 2 is 1.96 bits per heavy atom. The van der Waals surface area contributed by atoms with Crippen LogP contribution in [0.1, 0.15) is 46.5 Å². The van der Waals surface area contributed by atoms with Crippen molar-refractivity contribution >= 4 is 17.6 Å². The van der Waals surface area contributed by atoms with E-state index < -0.39 is 6.04 Å². The minimum Gasteiger partial charge on any atom is -0.343 e. The number of aryl methyl sites for hydroxylation is 1. The quantitative estimate of drug-likeness (QED) is 0.891. The summed E-state index contributed by atoms with van der Waals surface area (Å²) in [6.07, 6.45) is 5.61. The van der Waals surface area contributed by atoms with Gasteiger partial charge in [-0.1, -0.05) is 0 Å². The fourth-order valence-electron chi connectivity index (χ4n) is 4.19. The summed E-state index contributed by atoms with van der Waals surface area (Å²) in [5.74, 6) is 0.538. The number of anilines is 1. The highest BCUT2D eigenvalue weighted by molar-refractivity contribution is 5.99. The summed E-state index contributed by atoms with van der Waals surface area (Å²) < 4.78 is 1.68. The van der Waals surface area contributed by atoms with Crippen molar-refractivity contribution in [2.75, 3.05) is 11.4 Å². The van der Waals surface area contributed by atoms with Gasteiger partial charge in [-0.15, -0.1) is 0 Å². The van der Waals surface area contributed by atoms with Crippen molar-refractivity contribution in [1.82, 2.24) is 20.0 Å². The van der Waals surface area contributed by atoms with E-state index >= 15 is 0 Å². The van der Waals surface area contributed by atoms with Crippen LogP contribution in [0.3, 0.4) is 0 Å². The summed E-state index contributed by atoms with van der Waals surface area (Å²) in [7, 11) is 1.83. The van der Waals surface area contributed by atoms with Gasteiger partial charge in [-0.05, 0) is 46.5 Å². The lowest BCUT2D eigenvalue weighted by Gasteiger charge is -2.35. The Hall–Kier alpha value is -1.89. The Bertz CT molecular complexity index is 633. The highest BCUT2D eigenvalue weighted by Crippen LogP contribution is 2.26. The molecule has 0 aromatic carbocycles. The summed E-state index contributed by atoms with van der Waals surface area (Å²) >= 11 is 0. The number of aromatic nitrogens is 2. The van der Waals surface area contributed by atoms with E-state index in [1.807, 2.05) is 26.2 Å². The van der Waals surface area contributed by atoms with E-state index in [-0.39, 0.29) is 17.9 Å². The summed E-state index contributed by atoms with van der Waals surface area (Å²) in [4.78, 5) is 29.5. The molecule has 1 N–H and O–H groups in total. The van der Waals surface area contributed by atoms with Crippen LogP contribution in [0.5, 0.6) is 0 Å². The van der Waals surface area contributed by atoms with Crippen LogP contribution in [0, 0.1) is 0 Å². The number of likely N-dealkylation sites (tertiary alicyclic amines) is 1. The van der Waals surface area contributed by atoms with Crippen molar-refractivity contribution in [3.05, 3.63) is 12.3 Å². The number of amides is 2. The van der Waals surface area contributed by atoms with Crippen molar-refractivity contribution in [2.24, 2.45) is 7.05 Å². The second-order valence-corrected chi connectivity index (χ2v) is 7.44. The van der Waals surface area contributed by atoms with E-state index in [1.165, 1.54) is 0 Å². The number of nitrogens with zero attached hydrogens (tertiary/aromatic N) is 4. The first-order chi connectivity index (χ1) is 11.9. The lowest BCUT2D eigenvalue weighted by Crippen LogP contribution is -2.57. The fraction of sp³-hybridized carbons (Fsp3) is 0.722. The number of nitrogens with one attached hydrogen (secondary N) is 1. The van der Waals surface area contributed by atoms with E-state index in [9.17, 15) is 9.59 Å². The molecule has 1 aromatic heterocycles. The van der Waals surface area contributed by atoms with Gasteiger partial charge in [0.15, 0.2) is 5.82 Å². The van der Waals surface area contributed by atoms with Gasteiger partial charge in [-0.25, -0.2) is 0 Å². The molecule has 0 radical (unpaired) electrons. The maximum Gasteiger partial charge on any atom is 0.250 e. The Kier molecular flexibility index (Phi) is 5.13. The van der Waals surface area contributed by atoms with Gasteiger partial charge in [0, 0.05) is 37.9 Å². The number of carbonyl (C=O) groups excluding carboxylic acids is 2. The van der Waals surface area contributed by atoms with E-state index in [2.05, 4.69) is 29.2 Å². The first-order valence-electron chi connectivity index (χ1n) is 9.27. The molecule has 2 fully saturated rings. The molecular weight excluding hydrogens is 318 g/mol. The highest BCUT2D eigenvalue weighted by atomic mass is 16.2. The predicted molar refractivity (Wildman–Crippen MR) is 96.2 cm³/mol. The van der Waals surface area contributed by atoms with Crippen molar-refractivity contribution in [2.45, 2.75) is 70.6 Å².